The zero-order valence-electron chi connectivity index (χ0n) is 18.9. The predicted octanol–water partition coefficient (Wildman–Crippen LogP) is 4.99. The third-order valence-corrected chi connectivity index (χ3v) is 6.23. The molecule has 0 saturated heterocycles. The maximum absolute atomic E-state index is 5.90. The minimum Gasteiger partial charge on any atom is -0.492 e. The molecule has 3 aromatic rings. The maximum Gasteiger partial charge on any atom is 0.225 e. The second-order valence-corrected chi connectivity index (χ2v) is 9.09. The first kappa shape index (κ1) is 22.6. The lowest BCUT2D eigenvalue weighted by Gasteiger charge is -2.29. The molecule has 0 spiro atoms. The first-order valence-electron chi connectivity index (χ1n) is 11.4. The van der Waals surface area contributed by atoms with E-state index < -0.39 is 0 Å². The van der Waals surface area contributed by atoms with E-state index in [2.05, 4.69) is 27.7 Å². The summed E-state index contributed by atoms with van der Waals surface area (Å²) < 4.78 is 5.74. The summed E-state index contributed by atoms with van der Waals surface area (Å²) in [5.41, 5.74) is 0.979. The molecule has 6 nitrogen and oxygen atoms in total. The molecule has 0 atom stereocenters. The molecule has 0 bridgehead atoms. The number of nitrogens with one attached hydrogen (secondary N) is 2. The molecule has 32 heavy (non-hydrogen) atoms. The highest BCUT2D eigenvalue weighted by Crippen LogP contribution is 2.28. The molecule has 1 fully saturated rings. The van der Waals surface area contributed by atoms with Crippen LogP contribution in [0.25, 0.3) is 10.9 Å². The number of anilines is 2. The predicted molar refractivity (Wildman–Crippen MR) is 133 cm³/mol. The van der Waals surface area contributed by atoms with E-state index in [9.17, 15) is 0 Å². The van der Waals surface area contributed by atoms with Crippen LogP contribution >= 0.6 is 11.6 Å². The van der Waals surface area contributed by atoms with Gasteiger partial charge in [0.05, 0.1) is 5.52 Å². The van der Waals surface area contributed by atoms with Crippen LogP contribution in [0.2, 0.25) is 5.02 Å². The first-order valence-corrected chi connectivity index (χ1v) is 11.8. The van der Waals surface area contributed by atoms with Crippen molar-refractivity contribution >= 4 is 34.3 Å². The van der Waals surface area contributed by atoms with Gasteiger partial charge < -0.3 is 20.3 Å². The van der Waals surface area contributed by atoms with Gasteiger partial charge in [0.15, 0.2) is 0 Å². The number of ether oxygens (including phenoxy) is 1. The molecule has 1 saturated carbocycles. The Morgan fingerprint density at radius 1 is 1.00 bits per heavy atom. The zero-order valence-corrected chi connectivity index (χ0v) is 19.6. The third kappa shape index (κ3) is 6.02. The van der Waals surface area contributed by atoms with Gasteiger partial charge >= 0.3 is 0 Å². The Balaban J connectivity index is 1.20. The number of fused-ring (bicyclic) bond motifs is 1. The topological polar surface area (TPSA) is 62.3 Å². The third-order valence-electron chi connectivity index (χ3n) is 5.98. The van der Waals surface area contributed by atoms with Crippen molar-refractivity contribution in [2.45, 2.75) is 31.7 Å². The monoisotopic (exact) mass is 453 g/mol. The second-order valence-electron chi connectivity index (χ2n) is 8.65. The van der Waals surface area contributed by atoms with Crippen LogP contribution in [0, 0.1) is 5.92 Å². The molecular formula is C25H32ClN5O. The van der Waals surface area contributed by atoms with E-state index in [1.54, 1.807) is 0 Å². The van der Waals surface area contributed by atoms with E-state index in [0.717, 1.165) is 59.4 Å². The van der Waals surface area contributed by atoms with Gasteiger partial charge in [-0.1, -0.05) is 23.7 Å². The molecule has 7 heteroatoms. The number of para-hydroxylation sites is 1. The fraction of sp³-hybridized carbons (Fsp3) is 0.440. The van der Waals surface area contributed by atoms with Gasteiger partial charge in [-0.05, 0) is 74.5 Å². The number of hydrogen-bond donors (Lipinski definition) is 2. The molecule has 170 valence electrons. The Hall–Kier alpha value is -2.57. The van der Waals surface area contributed by atoms with Gasteiger partial charge in [0.1, 0.15) is 18.2 Å². The lowest BCUT2D eigenvalue weighted by atomic mass is 9.86. The number of hydrogen-bond acceptors (Lipinski definition) is 6. The summed E-state index contributed by atoms with van der Waals surface area (Å²) in [6, 6.07) is 16.1. The van der Waals surface area contributed by atoms with Crippen LogP contribution in [-0.4, -0.2) is 49.8 Å². The highest BCUT2D eigenvalue weighted by atomic mass is 35.5. The van der Waals surface area contributed by atoms with Crippen LogP contribution in [0.4, 0.5) is 11.8 Å². The number of aromatic nitrogens is 2. The molecular weight excluding hydrogens is 422 g/mol. The minimum absolute atomic E-state index is 0.427. The Morgan fingerprint density at radius 3 is 2.50 bits per heavy atom. The Morgan fingerprint density at radius 2 is 1.75 bits per heavy atom. The molecule has 0 radical (unpaired) electrons. The summed E-state index contributed by atoms with van der Waals surface area (Å²) >= 11 is 5.90. The van der Waals surface area contributed by atoms with E-state index in [0.29, 0.717) is 18.6 Å². The van der Waals surface area contributed by atoms with Gasteiger partial charge in [0, 0.05) is 37.1 Å². The summed E-state index contributed by atoms with van der Waals surface area (Å²) in [6.07, 6.45) is 4.69. The Labute approximate surface area is 195 Å². The van der Waals surface area contributed by atoms with Crippen LogP contribution in [0.1, 0.15) is 25.7 Å². The fourth-order valence-corrected chi connectivity index (χ4v) is 4.36. The first-order chi connectivity index (χ1) is 15.6. The summed E-state index contributed by atoms with van der Waals surface area (Å²) in [5, 5.41) is 8.94. The van der Waals surface area contributed by atoms with Crippen LogP contribution in [0.15, 0.2) is 48.5 Å². The van der Waals surface area contributed by atoms with Crippen molar-refractivity contribution in [3.05, 3.63) is 53.6 Å². The lowest BCUT2D eigenvalue weighted by molar-refractivity contribution is 0.289. The molecule has 0 aliphatic heterocycles. The summed E-state index contributed by atoms with van der Waals surface area (Å²) in [5.74, 6) is 3.25. The smallest absolute Gasteiger partial charge is 0.225 e. The normalized spacial score (nSPS) is 18.5. The molecule has 0 amide bonds. The quantitative estimate of drug-likeness (QED) is 0.445. The van der Waals surface area contributed by atoms with E-state index in [-0.39, 0.29) is 0 Å². The van der Waals surface area contributed by atoms with Gasteiger partial charge in [0.25, 0.3) is 0 Å². The van der Waals surface area contributed by atoms with E-state index in [1.165, 1.54) is 12.8 Å². The molecule has 0 unspecified atom stereocenters. The number of halogens is 1. The van der Waals surface area contributed by atoms with Crippen LogP contribution in [0.5, 0.6) is 5.75 Å². The van der Waals surface area contributed by atoms with Gasteiger partial charge in [-0.3, -0.25) is 0 Å². The SMILES string of the molecule is CN(C)c1nc(N[C@H]2CC[C@@H](CNCCOc3ccc(Cl)cc3)CC2)nc2ccccc12. The second kappa shape index (κ2) is 10.8. The molecule has 2 N–H and O–H groups in total. The molecule has 4 rings (SSSR count). The molecule has 1 aliphatic rings. The van der Waals surface area contributed by atoms with Gasteiger partial charge in [-0.25, -0.2) is 4.98 Å². The van der Waals surface area contributed by atoms with E-state index in [1.807, 2.05) is 50.5 Å². The van der Waals surface area contributed by atoms with Crippen LogP contribution < -0.4 is 20.3 Å². The van der Waals surface area contributed by atoms with Crippen LogP contribution in [-0.2, 0) is 0 Å². The minimum atomic E-state index is 0.427. The standard InChI is InChI=1S/C25H32ClN5O/c1-31(2)24-22-5-3-4-6-23(22)29-25(30-24)28-20-11-7-18(8-12-20)17-27-15-16-32-21-13-9-19(26)10-14-21/h3-6,9-10,13-14,18,20,27H,7-8,11-12,15-17H2,1-2H3,(H,28,29,30)/t18-,20+. The van der Waals surface area contributed by atoms with E-state index >= 15 is 0 Å². The van der Waals surface area contributed by atoms with Gasteiger partial charge in [0.2, 0.25) is 5.95 Å². The van der Waals surface area contributed by atoms with Crippen LogP contribution in [0.3, 0.4) is 0 Å². The summed E-state index contributed by atoms with van der Waals surface area (Å²) in [4.78, 5) is 11.6. The average molecular weight is 454 g/mol. The maximum atomic E-state index is 5.90. The number of rotatable bonds is 9. The highest BCUT2D eigenvalue weighted by molar-refractivity contribution is 6.30. The van der Waals surface area contributed by atoms with Crippen molar-refractivity contribution in [1.29, 1.82) is 0 Å². The van der Waals surface area contributed by atoms with Crippen molar-refractivity contribution in [2.24, 2.45) is 5.92 Å². The van der Waals surface area contributed by atoms with Crippen molar-refractivity contribution < 1.29 is 4.74 Å². The molecule has 1 aromatic heterocycles. The molecule has 2 aromatic carbocycles. The van der Waals surface area contributed by atoms with Crippen molar-refractivity contribution in [3.63, 3.8) is 0 Å². The molecule has 1 heterocycles. The zero-order chi connectivity index (χ0) is 22.3. The Bertz CT molecular complexity index is 1000. The fourth-order valence-electron chi connectivity index (χ4n) is 4.24. The van der Waals surface area contributed by atoms with Gasteiger partial charge in [-0.2, -0.15) is 4.98 Å². The Kier molecular flexibility index (Phi) is 7.66. The van der Waals surface area contributed by atoms with E-state index in [4.69, 9.17) is 26.3 Å². The molecule has 1 aliphatic carbocycles. The summed E-state index contributed by atoms with van der Waals surface area (Å²) in [7, 11) is 4.05. The van der Waals surface area contributed by atoms with Crippen molar-refractivity contribution in [2.75, 3.05) is 44.0 Å². The van der Waals surface area contributed by atoms with Gasteiger partial charge in [-0.15, -0.1) is 0 Å². The van der Waals surface area contributed by atoms with Crippen molar-refractivity contribution in [1.82, 2.24) is 15.3 Å². The largest absolute Gasteiger partial charge is 0.492 e. The summed E-state index contributed by atoms with van der Waals surface area (Å²) in [6.45, 7) is 2.54. The number of nitrogens with zero attached hydrogens (tertiary/aromatic N) is 3. The lowest BCUT2D eigenvalue weighted by Crippen LogP contribution is -2.33. The highest BCUT2D eigenvalue weighted by Gasteiger charge is 2.22. The average Bonchev–Trinajstić information content (AvgIpc) is 2.80. The number of benzene rings is 2. The van der Waals surface area contributed by atoms with Crippen molar-refractivity contribution in [3.8, 4) is 5.75 Å².